The molecule has 2 aromatic rings. The molecule has 5 heteroatoms. The fourth-order valence-electron chi connectivity index (χ4n) is 1.10. The van der Waals surface area contributed by atoms with Crippen molar-refractivity contribution in [2.45, 2.75) is 0 Å². The molecule has 0 bridgehead atoms. The number of benzene rings is 1. The number of aromatic nitrogens is 2. The van der Waals surface area contributed by atoms with Gasteiger partial charge in [0.2, 0.25) is 11.9 Å². The van der Waals surface area contributed by atoms with Gasteiger partial charge in [-0.05, 0) is 5.10 Å². The van der Waals surface area contributed by atoms with E-state index in [2.05, 4.69) is 5.10 Å². The van der Waals surface area contributed by atoms with E-state index >= 15 is 0 Å². The minimum atomic E-state index is 0. The summed E-state index contributed by atoms with van der Waals surface area (Å²) in [6.45, 7) is 0. The van der Waals surface area contributed by atoms with Crippen molar-refractivity contribution in [2.24, 2.45) is 0 Å². The highest BCUT2D eigenvalue weighted by molar-refractivity contribution is 6.41. The van der Waals surface area contributed by atoms with Crippen LogP contribution in [0.1, 0.15) is 0 Å². The van der Waals surface area contributed by atoms with Crippen molar-refractivity contribution in [3.05, 3.63) is 52.8 Å². The van der Waals surface area contributed by atoms with Crippen molar-refractivity contribution < 1.29 is 17.1 Å². The van der Waals surface area contributed by atoms with E-state index in [0.29, 0.717) is 10.0 Å². The Morgan fingerprint density at radius 1 is 1.00 bits per heavy atom. The van der Waals surface area contributed by atoms with Crippen LogP contribution in [-0.2, 0) is 0 Å². The van der Waals surface area contributed by atoms with Gasteiger partial charge in [-0.25, -0.2) is 0 Å². The summed E-state index contributed by atoms with van der Waals surface area (Å²) in [6.07, 6.45) is 3.20. The third-order valence-electron chi connectivity index (χ3n) is 1.78. The van der Waals surface area contributed by atoms with Crippen LogP contribution in [0, 0.1) is 0 Å². The molecule has 1 heterocycles. The zero-order chi connectivity index (χ0) is 9.97. The number of para-hydroxylation sites is 1. The lowest BCUT2D eigenvalue weighted by atomic mass is 10.3. The maximum Gasteiger partial charge on any atom is 0.238 e. The lowest BCUT2D eigenvalue weighted by Gasteiger charge is -1.93. The van der Waals surface area contributed by atoms with Gasteiger partial charge in [0.1, 0.15) is 11.2 Å². The first-order valence-corrected chi connectivity index (χ1v) is 4.81. The Balaban J connectivity index is 0.00000112. The molecule has 0 unspecified atom stereocenters. The van der Waals surface area contributed by atoms with Crippen molar-refractivity contribution in [2.75, 3.05) is 0 Å². The van der Waals surface area contributed by atoms with Crippen LogP contribution >= 0.6 is 23.2 Å². The van der Waals surface area contributed by atoms with Crippen LogP contribution in [0.25, 0.3) is 5.69 Å². The van der Waals surface area contributed by atoms with Crippen molar-refractivity contribution in [1.29, 1.82) is 0 Å². The number of rotatable bonds is 1. The highest BCUT2D eigenvalue weighted by Crippen LogP contribution is 2.17. The Hall–Kier alpha value is -0.830. The topological polar surface area (TPSA) is 16.8 Å². The molecule has 0 fully saturated rings. The average Bonchev–Trinajstić information content (AvgIpc) is 2.23. The Morgan fingerprint density at radius 2 is 1.67 bits per heavy atom. The Kier molecular flexibility index (Phi) is 4.33. The van der Waals surface area contributed by atoms with Gasteiger partial charge >= 0.3 is 0 Å². The third kappa shape index (κ3) is 2.81. The first-order chi connectivity index (χ1) is 6.77. The first-order valence-electron chi connectivity index (χ1n) is 4.06. The largest absolute Gasteiger partial charge is 1.00 e. The van der Waals surface area contributed by atoms with E-state index in [9.17, 15) is 0 Å². The van der Waals surface area contributed by atoms with Crippen LogP contribution in [0.4, 0.5) is 0 Å². The summed E-state index contributed by atoms with van der Waals surface area (Å²) in [5.74, 6) is 0. The second-order valence-corrected chi connectivity index (χ2v) is 3.56. The lowest BCUT2D eigenvalue weighted by Crippen LogP contribution is -3.00. The molecule has 2 rings (SSSR count). The molecule has 0 N–H and O–H groups in total. The van der Waals surface area contributed by atoms with Crippen molar-refractivity contribution in [3.8, 4) is 5.69 Å². The molecule has 0 atom stereocenters. The minimum absolute atomic E-state index is 0. The highest BCUT2D eigenvalue weighted by Gasteiger charge is 2.09. The van der Waals surface area contributed by atoms with Gasteiger partial charge in [0.05, 0.1) is 5.02 Å². The standard InChI is InChI=1S/C10H7Cl2N2.ClH/c11-9-6-13-14(7-10(9)12)8-4-2-1-3-5-8;/h1-7H;1H/q+1;/p-1. The molecule has 0 aliphatic heterocycles. The van der Waals surface area contributed by atoms with E-state index in [4.69, 9.17) is 23.2 Å². The van der Waals surface area contributed by atoms with Crippen molar-refractivity contribution in [1.82, 2.24) is 5.10 Å². The molecule has 0 aliphatic rings. The van der Waals surface area contributed by atoms with E-state index in [-0.39, 0.29) is 12.4 Å². The molecule has 0 aliphatic carbocycles. The molecule has 0 spiro atoms. The summed E-state index contributed by atoms with van der Waals surface area (Å²) in [7, 11) is 0. The molecule has 1 aromatic heterocycles. The van der Waals surface area contributed by atoms with Gasteiger partial charge in [0.15, 0.2) is 0 Å². The maximum absolute atomic E-state index is 5.87. The van der Waals surface area contributed by atoms with Gasteiger partial charge in [-0.15, -0.1) is 0 Å². The monoisotopic (exact) mass is 260 g/mol. The van der Waals surface area contributed by atoms with E-state index in [1.54, 1.807) is 10.9 Å². The van der Waals surface area contributed by atoms with Gasteiger partial charge < -0.3 is 12.4 Å². The summed E-state index contributed by atoms with van der Waals surface area (Å²) >= 11 is 11.6. The van der Waals surface area contributed by atoms with Gasteiger partial charge in [-0.2, -0.15) is 0 Å². The van der Waals surface area contributed by atoms with Crippen LogP contribution < -0.4 is 17.1 Å². The zero-order valence-corrected chi connectivity index (χ0v) is 9.84. The molecule has 0 radical (unpaired) electrons. The van der Waals surface area contributed by atoms with E-state index in [1.165, 1.54) is 6.20 Å². The predicted molar refractivity (Wildman–Crippen MR) is 55.8 cm³/mol. The average molecular weight is 262 g/mol. The van der Waals surface area contributed by atoms with Gasteiger partial charge in [0, 0.05) is 12.1 Å². The fourth-order valence-corrected chi connectivity index (χ4v) is 1.33. The second-order valence-electron chi connectivity index (χ2n) is 2.75. The molecule has 15 heavy (non-hydrogen) atoms. The Morgan fingerprint density at radius 3 is 2.27 bits per heavy atom. The molecule has 2 nitrogen and oxygen atoms in total. The first kappa shape index (κ1) is 12.2. The molecular formula is C10H7Cl3N2. The van der Waals surface area contributed by atoms with Gasteiger partial charge in [-0.3, -0.25) is 0 Å². The number of hydrogen-bond donors (Lipinski definition) is 0. The highest BCUT2D eigenvalue weighted by atomic mass is 35.5. The number of hydrogen-bond acceptors (Lipinski definition) is 1. The quantitative estimate of drug-likeness (QED) is 0.643. The summed E-state index contributed by atoms with van der Waals surface area (Å²) in [5, 5.41) is 5.06. The smallest absolute Gasteiger partial charge is 0.238 e. The third-order valence-corrected chi connectivity index (χ3v) is 2.48. The summed E-state index contributed by atoms with van der Waals surface area (Å²) in [6, 6.07) is 9.70. The SMILES string of the molecule is Clc1cn[n+](-c2ccccc2)cc1Cl.[Cl-]. The molecule has 0 saturated heterocycles. The van der Waals surface area contributed by atoms with Crippen LogP contribution in [0.15, 0.2) is 42.7 Å². The summed E-state index contributed by atoms with van der Waals surface area (Å²) < 4.78 is 1.67. The maximum atomic E-state index is 5.87. The van der Waals surface area contributed by atoms with Gasteiger partial charge in [0.25, 0.3) is 0 Å². The predicted octanol–water partition coefficient (Wildman–Crippen LogP) is -0.331. The molecular weight excluding hydrogens is 254 g/mol. The van der Waals surface area contributed by atoms with E-state index < -0.39 is 0 Å². The van der Waals surface area contributed by atoms with Crippen LogP contribution in [0.5, 0.6) is 0 Å². The van der Waals surface area contributed by atoms with Gasteiger partial charge in [-0.1, -0.05) is 46.1 Å². The van der Waals surface area contributed by atoms with E-state index in [0.717, 1.165) is 5.69 Å². The number of nitrogens with zero attached hydrogens (tertiary/aromatic N) is 2. The van der Waals surface area contributed by atoms with E-state index in [1.807, 2.05) is 30.3 Å². The Bertz CT molecular complexity index is 446. The van der Waals surface area contributed by atoms with Crippen LogP contribution in [0.2, 0.25) is 10.0 Å². The van der Waals surface area contributed by atoms with Crippen LogP contribution in [-0.4, -0.2) is 5.10 Å². The van der Waals surface area contributed by atoms with Crippen molar-refractivity contribution >= 4 is 23.2 Å². The molecule has 0 saturated carbocycles. The van der Waals surface area contributed by atoms with Crippen LogP contribution in [0.3, 0.4) is 0 Å². The normalized spacial score (nSPS) is 9.47. The second kappa shape index (κ2) is 5.31. The molecule has 78 valence electrons. The summed E-state index contributed by atoms with van der Waals surface area (Å²) in [4.78, 5) is 0. The molecule has 1 aromatic carbocycles. The zero-order valence-electron chi connectivity index (χ0n) is 7.57. The Labute approximate surface area is 104 Å². The minimum Gasteiger partial charge on any atom is -1.00 e. The van der Waals surface area contributed by atoms with Crippen molar-refractivity contribution in [3.63, 3.8) is 0 Å². The number of halogens is 3. The lowest BCUT2D eigenvalue weighted by molar-refractivity contribution is -0.659. The fraction of sp³-hybridized carbons (Fsp3) is 0. The molecule has 0 amide bonds. The summed E-state index contributed by atoms with van der Waals surface area (Å²) in [5.41, 5.74) is 0.950.